The van der Waals surface area contributed by atoms with Crippen molar-refractivity contribution in [1.82, 2.24) is 19.8 Å². The number of aryl methyl sites for hydroxylation is 1. The fourth-order valence-corrected chi connectivity index (χ4v) is 5.37. The van der Waals surface area contributed by atoms with E-state index in [1.165, 1.54) is 5.69 Å². The van der Waals surface area contributed by atoms with Crippen LogP contribution in [0.15, 0.2) is 36.4 Å². The maximum atomic E-state index is 14.7. The Morgan fingerprint density at radius 3 is 2.48 bits per heavy atom. The van der Waals surface area contributed by atoms with Crippen molar-refractivity contribution in [2.75, 3.05) is 45.2 Å². The molecule has 0 saturated carbocycles. The number of likely N-dealkylation sites (N-methyl/N-ethyl adjacent to an activating group) is 1. The number of hydrogen-bond acceptors (Lipinski definition) is 4. The van der Waals surface area contributed by atoms with Gasteiger partial charge in [0, 0.05) is 37.8 Å². The van der Waals surface area contributed by atoms with Crippen LogP contribution >= 0.6 is 0 Å². The minimum Gasteiger partial charge on any atom is -0.367 e. The zero-order valence-electron chi connectivity index (χ0n) is 18.7. The van der Waals surface area contributed by atoms with Gasteiger partial charge >= 0.3 is 0 Å². The van der Waals surface area contributed by atoms with E-state index in [0.29, 0.717) is 0 Å². The normalized spacial score (nSPS) is 23.5. The topological polar surface area (TPSA) is 38.4 Å². The molecule has 2 aliphatic heterocycles. The average molecular weight is 422 g/mol. The number of rotatable bonds is 3. The average Bonchev–Trinajstić information content (AvgIpc) is 3.19. The number of H-pyrrole nitrogens is 1. The molecule has 164 valence electrons. The SMILES string of the molecule is Cc1cccc(F)c1C1CCCC(c2nc3c(N4CCN(C)CC4)cccc3[nH]2)N1C. The molecule has 0 amide bonds. The number of aromatic nitrogens is 2. The molecule has 3 heterocycles. The minimum absolute atomic E-state index is 0.0743. The molecule has 0 radical (unpaired) electrons. The molecule has 5 nitrogen and oxygen atoms in total. The number of aromatic amines is 1. The molecular weight excluding hydrogens is 389 g/mol. The maximum absolute atomic E-state index is 14.7. The Morgan fingerprint density at radius 1 is 0.968 bits per heavy atom. The van der Waals surface area contributed by atoms with Gasteiger partial charge in [0.15, 0.2) is 0 Å². The van der Waals surface area contributed by atoms with E-state index >= 15 is 0 Å². The quantitative estimate of drug-likeness (QED) is 0.668. The summed E-state index contributed by atoms with van der Waals surface area (Å²) in [6.07, 6.45) is 3.07. The second-order valence-electron chi connectivity index (χ2n) is 9.18. The fourth-order valence-electron chi connectivity index (χ4n) is 5.37. The van der Waals surface area contributed by atoms with Gasteiger partial charge in [0.05, 0.1) is 17.2 Å². The van der Waals surface area contributed by atoms with Crippen LogP contribution in [-0.4, -0.2) is 60.0 Å². The number of benzene rings is 2. The van der Waals surface area contributed by atoms with E-state index in [9.17, 15) is 4.39 Å². The first-order valence-corrected chi connectivity index (χ1v) is 11.4. The Hall–Kier alpha value is -2.44. The molecule has 2 fully saturated rings. The second kappa shape index (κ2) is 8.24. The summed E-state index contributed by atoms with van der Waals surface area (Å²) in [5.74, 6) is 0.900. The third-order valence-corrected chi connectivity index (χ3v) is 7.21. The molecular formula is C25H32FN5. The molecule has 2 atom stereocenters. The highest BCUT2D eigenvalue weighted by Crippen LogP contribution is 2.42. The van der Waals surface area contributed by atoms with Crippen molar-refractivity contribution in [3.05, 3.63) is 59.2 Å². The lowest BCUT2D eigenvalue weighted by molar-refractivity contribution is 0.107. The lowest BCUT2D eigenvalue weighted by Crippen LogP contribution is -2.44. The Balaban J connectivity index is 1.47. The van der Waals surface area contributed by atoms with E-state index in [4.69, 9.17) is 4.98 Å². The van der Waals surface area contributed by atoms with Crippen molar-refractivity contribution < 1.29 is 4.39 Å². The maximum Gasteiger partial charge on any atom is 0.128 e. The first-order chi connectivity index (χ1) is 15.0. The van der Waals surface area contributed by atoms with Gasteiger partial charge in [0.1, 0.15) is 17.2 Å². The number of nitrogens with zero attached hydrogens (tertiary/aromatic N) is 4. The van der Waals surface area contributed by atoms with Gasteiger partial charge in [-0.15, -0.1) is 0 Å². The van der Waals surface area contributed by atoms with Crippen molar-refractivity contribution in [3.8, 4) is 0 Å². The van der Waals surface area contributed by atoms with E-state index in [1.54, 1.807) is 12.1 Å². The molecule has 3 aromatic rings. The van der Waals surface area contributed by atoms with Gasteiger partial charge in [-0.05, 0) is 64.0 Å². The van der Waals surface area contributed by atoms with Crippen molar-refractivity contribution in [2.24, 2.45) is 0 Å². The van der Waals surface area contributed by atoms with E-state index in [2.05, 4.69) is 52.0 Å². The van der Waals surface area contributed by atoms with Crippen molar-refractivity contribution in [1.29, 1.82) is 0 Å². The van der Waals surface area contributed by atoms with Crippen LogP contribution in [0.2, 0.25) is 0 Å². The number of para-hydroxylation sites is 1. The summed E-state index contributed by atoms with van der Waals surface area (Å²) in [5, 5.41) is 0. The first-order valence-electron chi connectivity index (χ1n) is 11.4. The molecule has 6 heteroatoms. The summed E-state index contributed by atoms with van der Waals surface area (Å²) in [7, 11) is 4.30. The number of imidazole rings is 1. The number of fused-ring (bicyclic) bond motifs is 1. The molecule has 2 aliphatic rings. The first kappa shape index (κ1) is 20.5. The standard InChI is InChI=1S/C25H32FN5/c1-17-7-4-8-18(26)23(17)20-10-6-12-22(30(20)3)25-27-19-9-5-11-21(24(19)28-25)31-15-13-29(2)14-16-31/h4-5,7-9,11,20,22H,6,10,12-16H2,1-3H3,(H,27,28). The lowest BCUT2D eigenvalue weighted by atomic mass is 9.88. The second-order valence-corrected chi connectivity index (χ2v) is 9.18. The number of halogens is 1. The predicted octanol–water partition coefficient (Wildman–Crippen LogP) is 4.66. The lowest BCUT2D eigenvalue weighted by Gasteiger charge is -2.39. The minimum atomic E-state index is -0.0977. The van der Waals surface area contributed by atoms with Gasteiger partial charge in [0.2, 0.25) is 0 Å². The molecule has 0 spiro atoms. The smallest absolute Gasteiger partial charge is 0.128 e. The van der Waals surface area contributed by atoms with Gasteiger partial charge in [0.25, 0.3) is 0 Å². The number of hydrogen-bond donors (Lipinski definition) is 1. The summed E-state index contributed by atoms with van der Waals surface area (Å²) < 4.78 is 14.7. The van der Waals surface area contributed by atoms with Crippen LogP contribution in [0, 0.1) is 12.7 Å². The zero-order chi connectivity index (χ0) is 21.5. The van der Waals surface area contributed by atoms with Gasteiger partial charge in [-0.3, -0.25) is 4.90 Å². The van der Waals surface area contributed by atoms with Crippen LogP contribution in [-0.2, 0) is 0 Å². The molecule has 1 N–H and O–H groups in total. The van der Waals surface area contributed by atoms with Crippen LogP contribution in [0.3, 0.4) is 0 Å². The molecule has 2 saturated heterocycles. The largest absolute Gasteiger partial charge is 0.367 e. The van der Waals surface area contributed by atoms with Gasteiger partial charge in [-0.25, -0.2) is 9.37 Å². The Labute approximate surface area is 183 Å². The van der Waals surface area contributed by atoms with Crippen LogP contribution in [0.5, 0.6) is 0 Å². The summed E-state index contributed by atoms with van der Waals surface area (Å²) in [6, 6.07) is 12.1. The zero-order valence-corrected chi connectivity index (χ0v) is 18.7. The number of likely N-dealkylation sites (tertiary alicyclic amines) is 1. The summed E-state index contributed by atoms with van der Waals surface area (Å²) in [6.45, 7) is 6.20. The molecule has 31 heavy (non-hydrogen) atoms. The summed E-state index contributed by atoms with van der Waals surface area (Å²) in [5.41, 5.74) is 5.22. The number of anilines is 1. The van der Waals surface area contributed by atoms with Crippen molar-refractivity contribution in [3.63, 3.8) is 0 Å². The van der Waals surface area contributed by atoms with Crippen LogP contribution in [0.25, 0.3) is 11.0 Å². The highest BCUT2D eigenvalue weighted by atomic mass is 19.1. The molecule has 2 aromatic carbocycles. The molecule has 1 aromatic heterocycles. The fraction of sp³-hybridized carbons (Fsp3) is 0.480. The van der Waals surface area contributed by atoms with E-state index in [0.717, 1.165) is 73.4 Å². The molecule has 2 unspecified atom stereocenters. The van der Waals surface area contributed by atoms with Crippen LogP contribution < -0.4 is 4.90 Å². The van der Waals surface area contributed by atoms with E-state index in [-0.39, 0.29) is 17.9 Å². The van der Waals surface area contributed by atoms with Gasteiger partial charge < -0.3 is 14.8 Å². The van der Waals surface area contributed by atoms with E-state index < -0.39 is 0 Å². The Morgan fingerprint density at radius 2 is 1.71 bits per heavy atom. The Kier molecular flexibility index (Phi) is 5.44. The predicted molar refractivity (Wildman–Crippen MR) is 124 cm³/mol. The highest BCUT2D eigenvalue weighted by molar-refractivity contribution is 5.89. The van der Waals surface area contributed by atoms with Crippen LogP contribution in [0.1, 0.15) is 48.3 Å². The molecule has 5 rings (SSSR count). The number of piperazine rings is 1. The van der Waals surface area contributed by atoms with Gasteiger partial charge in [-0.1, -0.05) is 18.2 Å². The van der Waals surface area contributed by atoms with Crippen molar-refractivity contribution in [2.45, 2.75) is 38.3 Å². The Bertz CT molecular complexity index is 1050. The highest BCUT2D eigenvalue weighted by Gasteiger charge is 2.34. The molecule has 0 aliphatic carbocycles. The third kappa shape index (κ3) is 3.72. The van der Waals surface area contributed by atoms with Crippen LogP contribution in [0.4, 0.5) is 10.1 Å². The number of nitrogens with one attached hydrogen (secondary N) is 1. The van der Waals surface area contributed by atoms with Crippen molar-refractivity contribution >= 4 is 16.7 Å². The number of piperidine rings is 1. The monoisotopic (exact) mass is 421 g/mol. The summed E-state index contributed by atoms with van der Waals surface area (Å²) >= 11 is 0. The third-order valence-electron chi connectivity index (χ3n) is 7.21. The molecule has 0 bridgehead atoms. The van der Waals surface area contributed by atoms with E-state index in [1.807, 2.05) is 13.0 Å². The summed E-state index contributed by atoms with van der Waals surface area (Å²) in [4.78, 5) is 15.8. The van der Waals surface area contributed by atoms with Gasteiger partial charge in [-0.2, -0.15) is 0 Å².